The number of hydrogen-bond acceptors (Lipinski definition) is 14. The second-order valence-electron chi connectivity index (χ2n) is 24.7. The summed E-state index contributed by atoms with van der Waals surface area (Å²) >= 11 is 0. The predicted molar refractivity (Wildman–Crippen MR) is 354 cm³/mol. The van der Waals surface area contributed by atoms with E-state index in [9.17, 15) is 28.8 Å². The van der Waals surface area contributed by atoms with Gasteiger partial charge in [0.05, 0.1) is 26.4 Å². The number of nitrogens with zero attached hydrogens (tertiary/aromatic N) is 4. The summed E-state index contributed by atoms with van der Waals surface area (Å²) in [5.41, 5.74) is 0. The Morgan fingerprint density at radius 3 is 0.744 bits per heavy atom. The molecule has 0 unspecified atom stereocenters. The van der Waals surface area contributed by atoms with Gasteiger partial charge in [-0.3, -0.25) is 28.8 Å². The highest BCUT2D eigenvalue weighted by Crippen LogP contribution is 2.13. The first-order valence-corrected chi connectivity index (χ1v) is 35.9. The highest BCUT2D eigenvalue weighted by atomic mass is 16.5. The Morgan fingerprint density at radius 2 is 0.488 bits per heavy atom. The molecular weight excluding hydrogens is 1080 g/mol. The second-order valence-corrected chi connectivity index (χ2v) is 24.7. The van der Waals surface area contributed by atoms with Crippen LogP contribution in [-0.2, 0) is 47.7 Å². The molecule has 0 aliphatic heterocycles. The van der Waals surface area contributed by atoms with E-state index in [0.717, 1.165) is 181 Å². The smallest absolute Gasteiger partial charge is 0.305 e. The van der Waals surface area contributed by atoms with Gasteiger partial charge < -0.3 is 49.2 Å². The summed E-state index contributed by atoms with van der Waals surface area (Å²) in [5.74, 6) is -0.318. The summed E-state index contributed by atoms with van der Waals surface area (Å²) in [6, 6.07) is 0. The highest BCUT2D eigenvalue weighted by Gasteiger charge is 2.14. The molecule has 0 saturated carbocycles. The first kappa shape index (κ1) is 82.7. The van der Waals surface area contributed by atoms with Gasteiger partial charge in [-0.2, -0.15) is 0 Å². The van der Waals surface area contributed by atoms with E-state index < -0.39 is 0 Å². The summed E-state index contributed by atoms with van der Waals surface area (Å²) in [5, 5.41) is 6.29. The number of likely N-dealkylation sites (N-methyl/N-ethyl adjacent to an activating group) is 2. The van der Waals surface area contributed by atoms with Crippen LogP contribution in [0.4, 0.5) is 0 Å². The first-order valence-electron chi connectivity index (χ1n) is 35.9. The SMILES string of the molecule is CCCCCCCCOC(=O)CCCCCN(CCCCCC(=O)OCCCCCCCC)CCNC(=O)CCN(C)CCN(C)CCC(=O)NCCN(CCCCCC(=O)OCCCCCCCC)CCCCCC(=O)OCCCCCCCC. The van der Waals surface area contributed by atoms with Crippen molar-refractivity contribution in [3.8, 4) is 0 Å². The number of amides is 2. The Kier molecular flexibility index (Phi) is 62.1. The fourth-order valence-corrected chi connectivity index (χ4v) is 10.4. The molecule has 0 atom stereocenters. The maximum atomic E-state index is 13.0. The normalized spacial score (nSPS) is 11.5. The largest absolute Gasteiger partial charge is 0.466 e. The van der Waals surface area contributed by atoms with E-state index >= 15 is 0 Å². The van der Waals surface area contributed by atoms with Crippen LogP contribution in [0.25, 0.3) is 0 Å². The minimum absolute atomic E-state index is 0.0335. The van der Waals surface area contributed by atoms with Crippen LogP contribution < -0.4 is 10.6 Å². The molecule has 0 rings (SSSR count). The topological polar surface area (TPSA) is 176 Å². The Bertz CT molecular complexity index is 1380. The number of ether oxygens (including phenoxy) is 4. The minimum Gasteiger partial charge on any atom is -0.466 e. The van der Waals surface area contributed by atoms with E-state index in [1.165, 1.54) is 103 Å². The molecule has 0 spiro atoms. The van der Waals surface area contributed by atoms with Crippen molar-refractivity contribution in [1.29, 1.82) is 0 Å². The third kappa shape index (κ3) is 60.9. The standard InChI is InChI=1S/C70H136N6O10/c1-7-11-15-19-23-39-61-83-67(79)43-31-27-35-51-75(52-36-28-32-44-68(80)84-62-40-24-20-16-12-8-2)57-49-71-65(77)47-55-73(5)59-60-74(6)56-48-66(78)72-50-58-76(53-37-29-33-45-69(81)85-63-41-25-21-17-13-9-3)54-38-30-34-46-70(82)86-64-42-26-22-18-14-10-4/h7-64H2,1-6H3,(H,71,77)(H,72,78). The molecule has 0 bridgehead atoms. The zero-order chi connectivity index (χ0) is 63.0. The van der Waals surface area contributed by atoms with E-state index in [1.54, 1.807) is 0 Å². The zero-order valence-corrected chi connectivity index (χ0v) is 56.9. The molecule has 2 N–H and O–H groups in total. The molecule has 0 saturated heterocycles. The molecule has 506 valence electrons. The van der Waals surface area contributed by atoms with Crippen LogP contribution >= 0.6 is 0 Å². The van der Waals surface area contributed by atoms with Gasteiger partial charge in [0, 0.05) is 90.9 Å². The number of esters is 4. The summed E-state index contributed by atoms with van der Waals surface area (Å²) in [4.78, 5) is 84.4. The maximum Gasteiger partial charge on any atom is 0.305 e. The zero-order valence-electron chi connectivity index (χ0n) is 56.9. The number of rotatable bonds is 67. The van der Waals surface area contributed by atoms with Gasteiger partial charge in [0.2, 0.25) is 11.8 Å². The lowest BCUT2D eigenvalue weighted by Gasteiger charge is -2.23. The molecule has 86 heavy (non-hydrogen) atoms. The van der Waals surface area contributed by atoms with Gasteiger partial charge >= 0.3 is 23.9 Å². The third-order valence-electron chi connectivity index (χ3n) is 16.3. The van der Waals surface area contributed by atoms with Crippen molar-refractivity contribution in [2.75, 3.05) is 119 Å². The van der Waals surface area contributed by atoms with Crippen molar-refractivity contribution < 1.29 is 47.7 Å². The van der Waals surface area contributed by atoms with Gasteiger partial charge in [-0.1, -0.05) is 182 Å². The monoisotopic (exact) mass is 1220 g/mol. The maximum absolute atomic E-state index is 13.0. The number of hydrogen-bond donors (Lipinski definition) is 2. The average Bonchev–Trinajstić information content (AvgIpc) is 3.55. The Hall–Kier alpha value is -3.34. The van der Waals surface area contributed by atoms with Crippen molar-refractivity contribution in [2.45, 2.75) is 297 Å². The fourth-order valence-electron chi connectivity index (χ4n) is 10.4. The number of unbranched alkanes of at least 4 members (excludes halogenated alkanes) is 28. The Balaban J connectivity index is 4.79. The summed E-state index contributed by atoms with van der Waals surface area (Å²) in [6.07, 6.45) is 41.6. The molecule has 16 heteroatoms. The molecule has 0 aliphatic carbocycles. The van der Waals surface area contributed by atoms with E-state index in [4.69, 9.17) is 18.9 Å². The van der Waals surface area contributed by atoms with Crippen molar-refractivity contribution in [2.24, 2.45) is 0 Å². The van der Waals surface area contributed by atoms with E-state index in [2.05, 4.69) is 57.9 Å². The van der Waals surface area contributed by atoms with Crippen LogP contribution in [0.2, 0.25) is 0 Å². The number of carbonyl (C=O) groups is 6. The molecule has 0 aromatic heterocycles. The van der Waals surface area contributed by atoms with Gasteiger partial charge in [-0.05, 0) is 117 Å². The van der Waals surface area contributed by atoms with Crippen LogP contribution in [0.15, 0.2) is 0 Å². The lowest BCUT2D eigenvalue weighted by molar-refractivity contribution is -0.144. The van der Waals surface area contributed by atoms with Crippen LogP contribution in [-0.4, -0.2) is 174 Å². The van der Waals surface area contributed by atoms with Crippen LogP contribution in [0, 0.1) is 0 Å². The van der Waals surface area contributed by atoms with Crippen molar-refractivity contribution in [3.63, 3.8) is 0 Å². The van der Waals surface area contributed by atoms with Crippen LogP contribution in [0.1, 0.15) is 297 Å². The van der Waals surface area contributed by atoms with Gasteiger partial charge in [0.1, 0.15) is 0 Å². The predicted octanol–water partition coefficient (Wildman–Crippen LogP) is 14.3. The van der Waals surface area contributed by atoms with Gasteiger partial charge in [-0.15, -0.1) is 0 Å². The molecule has 0 aromatic carbocycles. The highest BCUT2D eigenvalue weighted by molar-refractivity contribution is 5.76. The molecule has 0 heterocycles. The Labute approximate surface area is 527 Å². The van der Waals surface area contributed by atoms with Crippen molar-refractivity contribution in [1.82, 2.24) is 30.2 Å². The molecule has 0 aromatic rings. The molecule has 0 fully saturated rings. The third-order valence-corrected chi connectivity index (χ3v) is 16.3. The lowest BCUT2D eigenvalue weighted by atomic mass is 10.1. The van der Waals surface area contributed by atoms with Gasteiger partial charge in [0.25, 0.3) is 0 Å². The first-order chi connectivity index (χ1) is 41.9. The molecule has 2 amide bonds. The van der Waals surface area contributed by atoms with Gasteiger partial charge in [0.15, 0.2) is 0 Å². The van der Waals surface area contributed by atoms with E-state index in [1.807, 2.05) is 14.1 Å². The van der Waals surface area contributed by atoms with Gasteiger partial charge in [-0.25, -0.2) is 0 Å². The fraction of sp³-hybridized carbons (Fsp3) is 0.914. The quantitative estimate of drug-likeness (QED) is 0.0334. The minimum atomic E-state index is -0.0962. The van der Waals surface area contributed by atoms with E-state index in [-0.39, 0.29) is 35.7 Å². The molecule has 16 nitrogen and oxygen atoms in total. The van der Waals surface area contributed by atoms with Crippen molar-refractivity contribution >= 4 is 35.7 Å². The number of carbonyl (C=O) groups excluding carboxylic acids is 6. The molecular formula is C70H136N6O10. The van der Waals surface area contributed by atoms with Crippen LogP contribution in [0.3, 0.4) is 0 Å². The number of nitrogens with one attached hydrogen (secondary N) is 2. The summed E-state index contributed by atoms with van der Waals surface area (Å²) in [7, 11) is 4.06. The summed E-state index contributed by atoms with van der Waals surface area (Å²) < 4.78 is 21.9. The second kappa shape index (κ2) is 64.6. The lowest BCUT2D eigenvalue weighted by Crippen LogP contribution is -2.38. The Morgan fingerprint density at radius 1 is 0.256 bits per heavy atom. The van der Waals surface area contributed by atoms with Crippen molar-refractivity contribution in [3.05, 3.63) is 0 Å². The molecule has 0 radical (unpaired) electrons. The van der Waals surface area contributed by atoms with E-state index in [0.29, 0.717) is 91.1 Å². The molecule has 0 aliphatic rings. The summed E-state index contributed by atoms with van der Waals surface area (Å²) in [6.45, 7) is 20.0. The average molecular weight is 1220 g/mol. The van der Waals surface area contributed by atoms with Crippen LogP contribution in [0.5, 0.6) is 0 Å².